The van der Waals surface area contributed by atoms with Crippen LogP contribution in [0.5, 0.6) is 0 Å². The Balaban J connectivity index is 1.28. The molecule has 1 fully saturated rings. The molecular formula is C27H26FN3OS. The van der Waals surface area contributed by atoms with Gasteiger partial charge in [0, 0.05) is 54.1 Å². The fourth-order valence-electron chi connectivity index (χ4n) is 4.32. The van der Waals surface area contributed by atoms with Crippen LogP contribution in [-0.2, 0) is 17.8 Å². The summed E-state index contributed by atoms with van der Waals surface area (Å²) in [5.41, 5.74) is 3.33. The molecule has 0 atom stereocenters. The lowest BCUT2D eigenvalue weighted by molar-refractivity contribution is -0.132. The van der Waals surface area contributed by atoms with Crippen molar-refractivity contribution in [3.05, 3.63) is 95.8 Å². The molecule has 6 heteroatoms. The number of para-hydroxylation sites is 1. The molecule has 3 aromatic carbocycles. The number of aromatic amines is 1. The van der Waals surface area contributed by atoms with E-state index in [1.165, 1.54) is 29.5 Å². The SMILES string of the molecule is O=C(Cc1c(Sc2ccc(F)cc2)[nH]c2ccccc12)N1CCN(Cc2ccccc2)CC1. The third-order valence-corrected chi connectivity index (χ3v) is 7.17. The van der Waals surface area contributed by atoms with Crippen LogP contribution in [-0.4, -0.2) is 46.9 Å². The van der Waals surface area contributed by atoms with Crippen molar-refractivity contribution in [2.45, 2.75) is 22.9 Å². The number of piperazine rings is 1. The van der Waals surface area contributed by atoms with E-state index in [0.717, 1.165) is 59.1 Å². The molecule has 0 aliphatic carbocycles. The van der Waals surface area contributed by atoms with Crippen LogP contribution in [0.25, 0.3) is 10.9 Å². The third-order valence-electron chi connectivity index (χ3n) is 6.11. The van der Waals surface area contributed by atoms with Gasteiger partial charge in [0.25, 0.3) is 0 Å². The number of rotatable bonds is 6. The average molecular weight is 460 g/mol. The van der Waals surface area contributed by atoms with Gasteiger partial charge in [0.1, 0.15) is 5.82 Å². The lowest BCUT2D eigenvalue weighted by atomic mass is 10.1. The molecule has 1 amide bonds. The van der Waals surface area contributed by atoms with Crippen LogP contribution in [0.2, 0.25) is 0 Å². The van der Waals surface area contributed by atoms with Crippen molar-refractivity contribution in [1.29, 1.82) is 0 Å². The normalized spacial score (nSPS) is 14.6. The van der Waals surface area contributed by atoms with Gasteiger partial charge >= 0.3 is 0 Å². The Kier molecular flexibility index (Phi) is 6.46. The van der Waals surface area contributed by atoms with Crippen LogP contribution >= 0.6 is 11.8 Å². The van der Waals surface area contributed by atoms with Gasteiger partial charge in [-0.05, 0) is 35.9 Å². The van der Waals surface area contributed by atoms with E-state index in [1.807, 2.05) is 29.2 Å². The zero-order valence-electron chi connectivity index (χ0n) is 18.3. The first-order valence-electron chi connectivity index (χ1n) is 11.2. The minimum atomic E-state index is -0.252. The number of amides is 1. The minimum Gasteiger partial charge on any atom is -0.349 e. The van der Waals surface area contributed by atoms with E-state index >= 15 is 0 Å². The zero-order chi connectivity index (χ0) is 22.6. The number of halogens is 1. The van der Waals surface area contributed by atoms with Gasteiger partial charge in [-0.25, -0.2) is 4.39 Å². The Bertz CT molecular complexity index is 1230. The van der Waals surface area contributed by atoms with Crippen LogP contribution in [0.3, 0.4) is 0 Å². The molecule has 5 rings (SSSR count). The second-order valence-electron chi connectivity index (χ2n) is 8.35. The molecule has 1 saturated heterocycles. The van der Waals surface area contributed by atoms with Gasteiger partial charge in [-0.2, -0.15) is 0 Å². The number of nitrogens with zero attached hydrogens (tertiary/aromatic N) is 2. The Hall–Kier alpha value is -3.09. The van der Waals surface area contributed by atoms with Crippen molar-refractivity contribution in [2.24, 2.45) is 0 Å². The van der Waals surface area contributed by atoms with Crippen LogP contribution in [0.1, 0.15) is 11.1 Å². The fraction of sp³-hybridized carbons (Fsp3) is 0.222. The molecular weight excluding hydrogens is 433 g/mol. The summed E-state index contributed by atoms with van der Waals surface area (Å²) < 4.78 is 13.3. The van der Waals surface area contributed by atoms with E-state index in [9.17, 15) is 9.18 Å². The first-order valence-corrected chi connectivity index (χ1v) is 12.0. The number of nitrogens with one attached hydrogen (secondary N) is 1. The summed E-state index contributed by atoms with van der Waals surface area (Å²) in [6.45, 7) is 4.17. The van der Waals surface area contributed by atoms with E-state index in [0.29, 0.717) is 6.42 Å². The van der Waals surface area contributed by atoms with Crippen LogP contribution < -0.4 is 0 Å². The summed E-state index contributed by atoms with van der Waals surface area (Å²) in [5.74, 6) is -0.0992. The molecule has 0 radical (unpaired) electrons. The fourth-order valence-corrected chi connectivity index (χ4v) is 5.29. The predicted octanol–water partition coefficient (Wildman–Crippen LogP) is 5.35. The van der Waals surface area contributed by atoms with Crippen molar-refractivity contribution < 1.29 is 9.18 Å². The average Bonchev–Trinajstić information content (AvgIpc) is 3.18. The van der Waals surface area contributed by atoms with E-state index in [-0.39, 0.29) is 11.7 Å². The Labute approximate surface area is 197 Å². The van der Waals surface area contributed by atoms with Crippen LogP contribution in [0.15, 0.2) is 88.8 Å². The van der Waals surface area contributed by atoms with E-state index in [2.05, 4.69) is 40.2 Å². The monoisotopic (exact) mass is 459 g/mol. The van der Waals surface area contributed by atoms with Gasteiger partial charge in [-0.1, -0.05) is 60.3 Å². The molecule has 0 bridgehead atoms. The highest BCUT2D eigenvalue weighted by Gasteiger charge is 2.23. The predicted molar refractivity (Wildman–Crippen MR) is 131 cm³/mol. The molecule has 0 saturated carbocycles. The van der Waals surface area contributed by atoms with E-state index in [4.69, 9.17) is 0 Å². The standard InChI is InChI=1S/C27H26FN3OS/c28-21-10-12-22(13-11-21)33-27-24(23-8-4-5-9-25(23)29-27)18-26(32)31-16-14-30(15-17-31)19-20-6-2-1-3-7-20/h1-13,29H,14-19H2. The third kappa shape index (κ3) is 5.13. The molecule has 2 heterocycles. The minimum absolute atomic E-state index is 0.153. The van der Waals surface area contributed by atoms with Crippen molar-refractivity contribution in [1.82, 2.24) is 14.8 Å². The number of H-pyrrole nitrogens is 1. The number of hydrogen-bond acceptors (Lipinski definition) is 3. The smallest absolute Gasteiger partial charge is 0.227 e. The van der Waals surface area contributed by atoms with Crippen LogP contribution in [0.4, 0.5) is 4.39 Å². The number of carbonyl (C=O) groups is 1. The van der Waals surface area contributed by atoms with Crippen LogP contribution in [0, 0.1) is 5.82 Å². The summed E-state index contributed by atoms with van der Waals surface area (Å²) in [6, 6.07) is 25.0. The molecule has 4 aromatic rings. The maximum atomic E-state index is 13.3. The van der Waals surface area contributed by atoms with Crippen molar-refractivity contribution >= 4 is 28.6 Å². The number of hydrogen-bond donors (Lipinski definition) is 1. The van der Waals surface area contributed by atoms with E-state index < -0.39 is 0 Å². The number of carbonyl (C=O) groups excluding carboxylic acids is 1. The van der Waals surface area contributed by atoms with E-state index in [1.54, 1.807) is 12.1 Å². The summed E-state index contributed by atoms with van der Waals surface area (Å²) in [4.78, 5) is 22.0. The lowest BCUT2D eigenvalue weighted by Gasteiger charge is -2.35. The molecule has 1 aliphatic rings. The molecule has 1 aliphatic heterocycles. The second kappa shape index (κ2) is 9.81. The first kappa shape index (κ1) is 21.7. The number of benzene rings is 3. The first-order chi connectivity index (χ1) is 16.2. The Morgan fingerprint density at radius 2 is 1.58 bits per heavy atom. The highest BCUT2D eigenvalue weighted by molar-refractivity contribution is 7.99. The molecule has 1 aromatic heterocycles. The van der Waals surface area contributed by atoms with Gasteiger partial charge in [0.05, 0.1) is 11.4 Å². The maximum Gasteiger partial charge on any atom is 0.227 e. The molecule has 168 valence electrons. The van der Waals surface area contributed by atoms with Crippen molar-refractivity contribution in [3.8, 4) is 0 Å². The van der Waals surface area contributed by atoms with Gasteiger partial charge in [0.2, 0.25) is 5.91 Å². The highest BCUT2D eigenvalue weighted by atomic mass is 32.2. The Morgan fingerprint density at radius 1 is 0.879 bits per heavy atom. The molecule has 4 nitrogen and oxygen atoms in total. The van der Waals surface area contributed by atoms with Gasteiger partial charge in [-0.3, -0.25) is 9.69 Å². The van der Waals surface area contributed by atoms with Crippen molar-refractivity contribution in [2.75, 3.05) is 26.2 Å². The number of fused-ring (bicyclic) bond motifs is 1. The highest BCUT2D eigenvalue weighted by Crippen LogP contribution is 2.35. The summed E-state index contributed by atoms with van der Waals surface area (Å²) >= 11 is 1.54. The summed E-state index contributed by atoms with van der Waals surface area (Å²) in [5, 5.41) is 2.01. The quantitative estimate of drug-likeness (QED) is 0.423. The summed E-state index contributed by atoms with van der Waals surface area (Å²) in [6.07, 6.45) is 0.353. The topological polar surface area (TPSA) is 39.3 Å². The number of aromatic nitrogens is 1. The zero-order valence-corrected chi connectivity index (χ0v) is 19.2. The Morgan fingerprint density at radius 3 is 2.33 bits per heavy atom. The lowest BCUT2D eigenvalue weighted by Crippen LogP contribution is -2.48. The molecule has 33 heavy (non-hydrogen) atoms. The van der Waals surface area contributed by atoms with Gasteiger partial charge < -0.3 is 9.88 Å². The largest absolute Gasteiger partial charge is 0.349 e. The van der Waals surface area contributed by atoms with Gasteiger partial charge in [0.15, 0.2) is 0 Å². The maximum absolute atomic E-state index is 13.3. The molecule has 0 unspecified atom stereocenters. The van der Waals surface area contributed by atoms with Crippen molar-refractivity contribution in [3.63, 3.8) is 0 Å². The molecule has 1 N–H and O–H groups in total. The van der Waals surface area contributed by atoms with Gasteiger partial charge in [-0.15, -0.1) is 0 Å². The molecule has 0 spiro atoms. The summed E-state index contributed by atoms with van der Waals surface area (Å²) in [7, 11) is 0. The second-order valence-corrected chi connectivity index (χ2v) is 9.44.